The van der Waals surface area contributed by atoms with Crippen molar-refractivity contribution in [2.24, 2.45) is 0 Å². The van der Waals surface area contributed by atoms with Crippen LogP contribution >= 0.6 is 15.9 Å². The Kier molecular flexibility index (Phi) is 4.66. The van der Waals surface area contributed by atoms with Crippen LogP contribution in [0.25, 0.3) is 0 Å². The summed E-state index contributed by atoms with van der Waals surface area (Å²) in [7, 11) is -3.51. The number of aryl methyl sites for hydroxylation is 1. The van der Waals surface area contributed by atoms with Gasteiger partial charge in [0.25, 0.3) is 0 Å². The van der Waals surface area contributed by atoms with Crippen molar-refractivity contribution < 1.29 is 13.2 Å². The number of hydrogen-bond acceptors (Lipinski definition) is 3. The molecule has 4 nitrogen and oxygen atoms in total. The molecule has 0 radical (unpaired) electrons. The summed E-state index contributed by atoms with van der Waals surface area (Å²) in [5.74, 6) is 0. The van der Waals surface area contributed by atoms with E-state index in [1.54, 1.807) is 19.1 Å². The van der Waals surface area contributed by atoms with Crippen LogP contribution in [0.2, 0.25) is 0 Å². The molecule has 0 aliphatic carbocycles. The maximum Gasteiger partial charge on any atom is 0.241 e. The average Bonchev–Trinajstić information content (AvgIpc) is 2.85. The average molecular weight is 348 g/mol. The highest BCUT2D eigenvalue weighted by atomic mass is 79.9. The van der Waals surface area contributed by atoms with Crippen molar-refractivity contribution in [3.63, 3.8) is 0 Å². The van der Waals surface area contributed by atoms with Gasteiger partial charge in [-0.05, 0) is 44.4 Å². The number of sulfonamides is 1. The summed E-state index contributed by atoms with van der Waals surface area (Å²) in [6, 6.07) is 5.03. The molecular weight excluding hydrogens is 330 g/mol. The van der Waals surface area contributed by atoms with Crippen molar-refractivity contribution in [1.29, 1.82) is 0 Å². The third-order valence-corrected chi connectivity index (χ3v) is 5.50. The molecule has 1 aromatic rings. The van der Waals surface area contributed by atoms with Gasteiger partial charge in [0.2, 0.25) is 10.0 Å². The molecule has 1 aliphatic heterocycles. The van der Waals surface area contributed by atoms with E-state index in [1.807, 2.05) is 13.0 Å². The number of ether oxygens (including phenoxy) is 1. The molecule has 1 fully saturated rings. The lowest BCUT2D eigenvalue weighted by molar-refractivity contribution is 0.0902. The Balaban J connectivity index is 2.19. The SMILES string of the molecule is Cc1ccc(Br)cc1S(=O)(=O)NC(C)C1CCCO1. The second-order valence-electron chi connectivity index (χ2n) is 4.87. The van der Waals surface area contributed by atoms with E-state index in [4.69, 9.17) is 4.74 Å². The molecule has 106 valence electrons. The Morgan fingerprint density at radius 1 is 1.47 bits per heavy atom. The van der Waals surface area contributed by atoms with Gasteiger partial charge >= 0.3 is 0 Å². The van der Waals surface area contributed by atoms with E-state index in [9.17, 15) is 8.42 Å². The summed E-state index contributed by atoms with van der Waals surface area (Å²) in [6.07, 6.45) is 1.87. The fourth-order valence-corrected chi connectivity index (χ4v) is 4.30. The van der Waals surface area contributed by atoms with Gasteiger partial charge in [-0.15, -0.1) is 0 Å². The number of rotatable bonds is 4. The zero-order chi connectivity index (χ0) is 14.0. The molecule has 2 rings (SSSR count). The highest BCUT2D eigenvalue weighted by Crippen LogP contribution is 2.22. The third kappa shape index (κ3) is 3.56. The van der Waals surface area contributed by atoms with Gasteiger partial charge in [-0.3, -0.25) is 0 Å². The van der Waals surface area contributed by atoms with E-state index in [0.717, 1.165) is 22.9 Å². The number of hydrogen-bond donors (Lipinski definition) is 1. The minimum atomic E-state index is -3.51. The van der Waals surface area contributed by atoms with Crippen LogP contribution in [0.4, 0.5) is 0 Å². The second kappa shape index (κ2) is 5.91. The Bertz CT molecular complexity index is 553. The van der Waals surface area contributed by atoms with Crippen LogP contribution in [-0.4, -0.2) is 27.2 Å². The molecule has 2 atom stereocenters. The van der Waals surface area contributed by atoms with Crippen molar-refractivity contribution in [2.75, 3.05) is 6.61 Å². The van der Waals surface area contributed by atoms with Crippen LogP contribution in [0.5, 0.6) is 0 Å². The van der Waals surface area contributed by atoms with Crippen LogP contribution in [0.1, 0.15) is 25.3 Å². The highest BCUT2D eigenvalue weighted by molar-refractivity contribution is 9.10. The van der Waals surface area contributed by atoms with Gasteiger partial charge in [0, 0.05) is 17.1 Å². The van der Waals surface area contributed by atoms with E-state index in [1.165, 1.54) is 0 Å². The van der Waals surface area contributed by atoms with E-state index in [-0.39, 0.29) is 12.1 Å². The van der Waals surface area contributed by atoms with E-state index < -0.39 is 10.0 Å². The highest BCUT2D eigenvalue weighted by Gasteiger charge is 2.27. The first-order chi connectivity index (χ1) is 8.90. The van der Waals surface area contributed by atoms with Crippen LogP contribution in [0.3, 0.4) is 0 Å². The summed E-state index contributed by atoms with van der Waals surface area (Å²) in [4.78, 5) is 0.312. The molecule has 0 aromatic heterocycles. The molecule has 0 amide bonds. The standard InChI is InChI=1S/C13H18BrNO3S/c1-9-5-6-11(14)8-13(9)19(16,17)15-10(2)12-4-3-7-18-12/h5-6,8,10,12,15H,3-4,7H2,1-2H3. The van der Waals surface area contributed by atoms with Crippen LogP contribution < -0.4 is 4.72 Å². The summed E-state index contributed by atoms with van der Waals surface area (Å²) in [6.45, 7) is 4.35. The second-order valence-corrected chi connectivity index (χ2v) is 7.47. The first kappa shape index (κ1) is 15.0. The fourth-order valence-electron chi connectivity index (χ4n) is 2.24. The maximum atomic E-state index is 12.4. The Labute approximate surface area is 122 Å². The predicted molar refractivity (Wildman–Crippen MR) is 77.6 cm³/mol. The smallest absolute Gasteiger partial charge is 0.241 e. The summed E-state index contributed by atoms with van der Waals surface area (Å²) >= 11 is 3.30. The molecule has 0 saturated carbocycles. The zero-order valence-electron chi connectivity index (χ0n) is 11.0. The molecule has 0 bridgehead atoms. The summed E-state index contributed by atoms with van der Waals surface area (Å²) in [5.41, 5.74) is 0.732. The van der Waals surface area contributed by atoms with Gasteiger partial charge in [-0.25, -0.2) is 13.1 Å². The Hall–Kier alpha value is -0.430. The minimum Gasteiger partial charge on any atom is -0.377 e. The van der Waals surface area contributed by atoms with Crippen molar-refractivity contribution in [3.8, 4) is 0 Å². The quantitative estimate of drug-likeness (QED) is 0.910. The lowest BCUT2D eigenvalue weighted by atomic mass is 10.1. The monoisotopic (exact) mass is 347 g/mol. The normalized spacial score (nSPS) is 21.5. The molecule has 6 heteroatoms. The first-order valence-corrected chi connectivity index (χ1v) is 8.58. The van der Waals surface area contributed by atoms with Crippen molar-refractivity contribution in [3.05, 3.63) is 28.2 Å². The Morgan fingerprint density at radius 2 is 2.21 bits per heavy atom. The lowest BCUT2D eigenvalue weighted by Crippen LogP contribution is -2.40. The van der Waals surface area contributed by atoms with Crippen molar-refractivity contribution in [2.45, 2.75) is 43.7 Å². The molecule has 1 heterocycles. The first-order valence-electron chi connectivity index (χ1n) is 6.30. The van der Waals surface area contributed by atoms with Gasteiger partial charge < -0.3 is 4.74 Å². The van der Waals surface area contributed by atoms with Crippen LogP contribution in [-0.2, 0) is 14.8 Å². The zero-order valence-corrected chi connectivity index (χ0v) is 13.4. The summed E-state index contributed by atoms with van der Waals surface area (Å²) < 4.78 is 33.7. The molecule has 2 unspecified atom stereocenters. The van der Waals surface area contributed by atoms with Crippen LogP contribution in [0.15, 0.2) is 27.6 Å². The van der Waals surface area contributed by atoms with Crippen molar-refractivity contribution >= 4 is 26.0 Å². The third-order valence-electron chi connectivity index (χ3n) is 3.30. The van der Waals surface area contributed by atoms with Gasteiger partial charge in [0.1, 0.15) is 0 Å². The molecule has 1 aromatic carbocycles. The molecular formula is C13H18BrNO3S. The summed E-state index contributed by atoms with van der Waals surface area (Å²) in [5, 5.41) is 0. The number of benzene rings is 1. The maximum absolute atomic E-state index is 12.4. The minimum absolute atomic E-state index is 0.0257. The molecule has 1 aliphatic rings. The number of halogens is 1. The lowest BCUT2D eigenvalue weighted by Gasteiger charge is -2.20. The van der Waals surface area contributed by atoms with Crippen LogP contribution in [0, 0.1) is 6.92 Å². The fraction of sp³-hybridized carbons (Fsp3) is 0.538. The van der Waals surface area contributed by atoms with Gasteiger partial charge in [-0.2, -0.15) is 0 Å². The Morgan fingerprint density at radius 3 is 2.84 bits per heavy atom. The van der Waals surface area contributed by atoms with E-state index >= 15 is 0 Å². The molecule has 1 saturated heterocycles. The molecule has 1 N–H and O–H groups in total. The van der Waals surface area contributed by atoms with E-state index in [0.29, 0.717) is 11.5 Å². The van der Waals surface area contributed by atoms with Gasteiger partial charge in [0.05, 0.1) is 11.0 Å². The van der Waals surface area contributed by atoms with E-state index in [2.05, 4.69) is 20.7 Å². The largest absolute Gasteiger partial charge is 0.377 e. The molecule has 19 heavy (non-hydrogen) atoms. The van der Waals surface area contributed by atoms with Gasteiger partial charge in [0.15, 0.2) is 0 Å². The topological polar surface area (TPSA) is 55.4 Å². The number of nitrogens with one attached hydrogen (secondary N) is 1. The molecule has 0 spiro atoms. The van der Waals surface area contributed by atoms with Gasteiger partial charge in [-0.1, -0.05) is 22.0 Å². The predicted octanol–water partition coefficient (Wildman–Crippen LogP) is 2.60. The van der Waals surface area contributed by atoms with Crippen molar-refractivity contribution in [1.82, 2.24) is 4.72 Å².